The highest BCUT2D eigenvalue weighted by molar-refractivity contribution is 7.99. The van der Waals surface area contributed by atoms with Crippen molar-refractivity contribution in [3.05, 3.63) is 16.4 Å². The Balaban J connectivity index is 1.70. The van der Waals surface area contributed by atoms with Crippen molar-refractivity contribution in [1.29, 1.82) is 0 Å². The van der Waals surface area contributed by atoms with Gasteiger partial charge in [0.1, 0.15) is 5.82 Å². The smallest absolute Gasteiger partial charge is 0.253 e. The van der Waals surface area contributed by atoms with Crippen LogP contribution < -0.4 is 11.3 Å². The largest absolute Gasteiger partial charge is 0.383 e. The molecule has 3 heterocycles. The molecule has 0 aromatic carbocycles. The Labute approximate surface area is 115 Å². The molecule has 19 heavy (non-hydrogen) atoms. The van der Waals surface area contributed by atoms with Crippen LogP contribution in [0.2, 0.25) is 0 Å². The van der Waals surface area contributed by atoms with Crippen LogP contribution in [-0.2, 0) is 9.47 Å². The molecule has 0 bridgehead atoms. The molecule has 104 valence electrons. The molecule has 1 aromatic heterocycles. The molecule has 7 heteroatoms. The molecule has 2 aliphatic heterocycles. The van der Waals surface area contributed by atoms with Crippen molar-refractivity contribution < 1.29 is 9.47 Å². The van der Waals surface area contributed by atoms with Gasteiger partial charge in [-0.15, -0.1) is 0 Å². The van der Waals surface area contributed by atoms with Gasteiger partial charge in [0.05, 0.1) is 12.2 Å². The maximum atomic E-state index is 11.4. The molecule has 2 atom stereocenters. The Morgan fingerprint density at radius 3 is 3.16 bits per heavy atom. The normalized spacial score (nSPS) is 30.8. The molecule has 0 saturated carbocycles. The number of hydrogen-bond acceptors (Lipinski definition) is 6. The number of H-pyrrole nitrogens is 1. The second kappa shape index (κ2) is 5.15. The molecule has 2 saturated heterocycles. The zero-order valence-corrected chi connectivity index (χ0v) is 11.4. The van der Waals surface area contributed by atoms with E-state index in [2.05, 4.69) is 9.97 Å². The Morgan fingerprint density at radius 2 is 2.42 bits per heavy atom. The molecule has 2 fully saturated rings. The van der Waals surface area contributed by atoms with Crippen molar-refractivity contribution in [2.24, 2.45) is 0 Å². The molecule has 0 radical (unpaired) electrons. The fourth-order valence-electron chi connectivity index (χ4n) is 2.61. The SMILES string of the molecule is Nc1cc(=O)[nH]c(SC2CCOC3(CCOC3)C2)n1. The van der Waals surface area contributed by atoms with Crippen molar-refractivity contribution in [3.8, 4) is 0 Å². The van der Waals surface area contributed by atoms with Crippen LogP contribution in [0, 0.1) is 0 Å². The number of nitrogens with one attached hydrogen (secondary N) is 1. The van der Waals surface area contributed by atoms with Crippen LogP contribution in [0.1, 0.15) is 19.3 Å². The fraction of sp³-hybridized carbons (Fsp3) is 0.667. The predicted molar refractivity (Wildman–Crippen MR) is 72.3 cm³/mol. The number of nitrogens with zero attached hydrogens (tertiary/aromatic N) is 1. The Morgan fingerprint density at radius 1 is 1.53 bits per heavy atom. The van der Waals surface area contributed by atoms with Crippen molar-refractivity contribution in [2.75, 3.05) is 25.6 Å². The van der Waals surface area contributed by atoms with E-state index in [1.807, 2.05) is 0 Å². The highest BCUT2D eigenvalue weighted by Crippen LogP contribution is 2.38. The molecule has 0 amide bonds. The Hall–Kier alpha value is -1.05. The van der Waals surface area contributed by atoms with Gasteiger partial charge in [-0.1, -0.05) is 11.8 Å². The van der Waals surface area contributed by atoms with E-state index in [0.717, 1.165) is 32.5 Å². The summed E-state index contributed by atoms with van der Waals surface area (Å²) in [6, 6.07) is 1.29. The molecule has 3 N–H and O–H groups in total. The number of hydrogen-bond donors (Lipinski definition) is 2. The molecular weight excluding hydrogens is 266 g/mol. The lowest BCUT2D eigenvalue weighted by Crippen LogP contribution is -2.41. The monoisotopic (exact) mass is 283 g/mol. The maximum absolute atomic E-state index is 11.4. The van der Waals surface area contributed by atoms with Crippen molar-refractivity contribution in [2.45, 2.75) is 35.3 Å². The summed E-state index contributed by atoms with van der Waals surface area (Å²) in [4.78, 5) is 18.2. The molecule has 2 unspecified atom stereocenters. The Bertz CT molecular complexity index is 513. The fourth-order valence-corrected chi connectivity index (χ4v) is 3.85. The standard InChI is InChI=1S/C12H17N3O3S/c13-9-5-10(16)15-11(14-9)19-8-1-3-18-12(6-8)2-4-17-7-12/h5,8H,1-4,6-7H2,(H3,13,14,15,16). The second-order valence-corrected chi connectivity index (χ2v) is 6.33. The first-order valence-corrected chi connectivity index (χ1v) is 7.28. The molecule has 6 nitrogen and oxygen atoms in total. The lowest BCUT2D eigenvalue weighted by atomic mass is 9.93. The third kappa shape index (κ3) is 2.93. The predicted octanol–water partition coefficient (Wildman–Crippen LogP) is 0.782. The van der Waals surface area contributed by atoms with E-state index in [4.69, 9.17) is 15.2 Å². The molecule has 3 rings (SSSR count). The van der Waals surface area contributed by atoms with Gasteiger partial charge >= 0.3 is 0 Å². The summed E-state index contributed by atoms with van der Waals surface area (Å²) in [7, 11) is 0. The first-order chi connectivity index (χ1) is 9.15. The quantitative estimate of drug-likeness (QED) is 0.780. The molecule has 1 aromatic rings. The summed E-state index contributed by atoms with van der Waals surface area (Å²) < 4.78 is 11.3. The minimum absolute atomic E-state index is 0.128. The van der Waals surface area contributed by atoms with Crippen molar-refractivity contribution in [3.63, 3.8) is 0 Å². The van der Waals surface area contributed by atoms with Crippen LogP contribution in [-0.4, -0.2) is 40.6 Å². The van der Waals surface area contributed by atoms with E-state index in [1.54, 1.807) is 11.8 Å². The highest BCUT2D eigenvalue weighted by atomic mass is 32.2. The number of rotatable bonds is 2. The molecule has 2 aliphatic rings. The second-order valence-electron chi connectivity index (χ2n) is 5.04. The Kier molecular flexibility index (Phi) is 3.51. The third-order valence-electron chi connectivity index (χ3n) is 3.53. The van der Waals surface area contributed by atoms with Crippen LogP contribution in [0.15, 0.2) is 16.0 Å². The van der Waals surface area contributed by atoms with Crippen LogP contribution in [0.3, 0.4) is 0 Å². The van der Waals surface area contributed by atoms with E-state index in [9.17, 15) is 4.79 Å². The van der Waals surface area contributed by atoms with Gasteiger partial charge in [0.15, 0.2) is 5.16 Å². The zero-order valence-electron chi connectivity index (χ0n) is 10.6. The summed E-state index contributed by atoms with van der Waals surface area (Å²) in [6.45, 7) is 2.17. The minimum atomic E-state index is -0.207. The van der Waals surface area contributed by atoms with Gasteiger partial charge in [0.2, 0.25) is 0 Å². The van der Waals surface area contributed by atoms with Gasteiger partial charge in [-0.05, 0) is 12.8 Å². The number of nitrogen functional groups attached to an aromatic ring is 1. The van der Waals surface area contributed by atoms with Gasteiger partial charge in [0, 0.05) is 31.0 Å². The summed E-state index contributed by atoms with van der Waals surface area (Å²) >= 11 is 1.57. The number of ether oxygens (including phenoxy) is 2. The minimum Gasteiger partial charge on any atom is -0.383 e. The van der Waals surface area contributed by atoms with Crippen LogP contribution in [0.25, 0.3) is 0 Å². The van der Waals surface area contributed by atoms with E-state index in [0.29, 0.717) is 17.0 Å². The van der Waals surface area contributed by atoms with E-state index in [1.165, 1.54) is 6.07 Å². The van der Waals surface area contributed by atoms with Crippen molar-refractivity contribution in [1.82, 2.24) is 9.97 Å². The van der Waals surface area contributed by atoms with E-state index >= 15 is 0 Å². The summed E-state index contributed by atoms with van der Waals surface area (Å²) in [6.07, 6.45) is 2.83. The lowest BCUT2D eigenvalue weighted by Gasteiger charge is -2.36. The topological polar surface area (TPSA) is 90.2 Å². The molecular formula is C12H17N3O3S. The zero-order chi connectivity index (χ0) is 13.3. The number of aromatic amines is 1. The summed E-state index contributed by atoms with van der Waals surface area (Å²) in [5.74, 6) is 0.261. The number of nitrogens with two attached hydrogens (primary N) is 1. The van der Waals surface area contributed by atoms with E-state index < -0.39 is 0 Å². The summed E-state index contributed by atoms with van der Waals surface area (Å²) in [5, 5.41) is 0.964. The van der Waals surface area contributed by atoms with Crippen LogP contribution >= 0.6 is 11.8 Å². The number of anilines is 1. The lowest BCUT2D eigenvalue weighted by molar-refractivity contribution is -0.0769. The third-order valence-corrected chi connectivity index (χ3v) is 4.69. The van der Waals surface area contributed by atoms with Gasteiger partial charge in [-0.3, -0.25) is 4.79 Å². The van der Waals surface area contributed by atoms with Crippen LogP contribution in [0.4, 0.5) is 5.82 Å². The van der Waals surface area contributed by atoms with Gasteiger partial charge in [-0.25, -0.2) is 4.98 Å². The van der Waals surface area contributed by atoms with E-state index in [-0.39, 0.29) is 17.0 Å². The first-order valence-electron chi connectivity index (χ1n) is 6.40. The van der Waals surface area contributed by atoms with Crippen molar-refractivity contribution >= 4 is 17.6 Å². The van der Waals surface area contributed by atoms with Gasteiger partial charge in [0.25, 0.3) is 5.56 Å². The number of aromatic nitrogens is 2. The molecule has 0 aliphatic carbocycles. The highest BCUT2D eigenvalue weighted by Gasteiger charge is 2.41. The van der Waals surface area contributed by atoms with Gasteiger partial charge < -0.3 is 20.2 Å². The average molecular weight is 283 g/mol. The van der Waals surface area contributed by atoms with Crippen LogP contribution in [0.5, 0.6) is 0 Å². The molecule has 1 spiro atoms. The maximum Gasteiger partial charge on any atom is 0.253 e. The summed E-state index contributed by atoms with van der Waals surface area (Å²) in [5.41, 5.74) is 5.26. The van der Waals surface area contributed by atoms with Gasteiger partial charge in [-0.2, -0.15) is 0 Å². The average Bonchev–Trinajstić information content (AvgIpc) is 2.76. The first kappa shape index (κ1) is 13.0. The number of thioether (sulfide) groups is 1.